The fourth-order valence-corrected chi connectivity index (χ4v) is 2.56. The standard InChI is InChI=1S/C15H17BrN4O/c16-10-7-11-12(17)3-4-13(14(11)20-8-10)18-5-6-19-15(21)9-1-2-9/h3-4,7-9,18H,1-2,5-6,17H2,(H,19,21). The number of amides is 1. The van der Waals surface area contributed by atoms with Crippen LogP contribution in [-0.2, 0) is 4.79 Å². The Morgan fingerprint density at radius 3 is 2.95 bits per heavy atom. The van der Waals surface area contributed by atoms with Gasteiger partial charge in [0.15, 0.2) is 0 Å². The van der Waals surface area contributed by atoms with E-state index in [4.69, 9.17) is 5.73 Å². The van der Waals surface area contributed by atoms with Crippen LogP contribution in [0.5, 0.6) is 0 Å². The highest BCUT2D eigenvalue weighted by molar-refractivity contribution is 9.10. The molecule has 0 saturated heterocycles. The second kappa shape index (κ2) is 5.89. The van der Waals surface area contributed by atoms with Gasteiger partial charge in [-0.3, -0.25) is 9.78 Å². The maximum absolute atomic E-state index is 11.5. The van der Waals surface area contributed by atoms with Crippen molar-refractivity contribution in [3.63, 3.8) is 0 Å². The molecule has 1 aliphatic rings. The van der Waals surface area contributed by atoms with Gasteiger partial charge >= 0.3 is 0 Å². The number of rotatable bonds is 5. The quantitative estimate of drug-likeness (QED) is 0.572. The molecule has 1 amide bonds. The number of benzene rings is 1. The molecule has 6 heteroatoms. The molecule has 0 bridgehead atoms. The molecule has 1 fully saturated rings. The largest absolute Gasteiger partial charge is 0.398 e. The van der Waals surface area contributed by atoms with E-state index in [0.717, 1.165) is 33.9 Å². The summed E-state index contributed by atoms with van der Waals surface area (Å²) in [5.74, 6) is 0.419. The SMILES string of the molecule is Nc1ccc(NCCNC(=O)C2CC2)c2ncc(Br)cc12. The van der Waals surface area contributed by atoms with Crippen molar-refractivity contribution in [1.82, 2.24) is 10.3 Å². The molecule has 0 radical (unpaired) electrons. The van der Waals surface area contributed by atoms with Crippen molar-refractivity contribution in [2.45, 2.75) is 12.8 Å². The molecule has 3 rings (SSSR count). The third-order valence-corrected chi connectivity index (χ3v) is 3.97. The highest BCUT2D eigenvalue weighted by atomic mass is 79.9. The number of nitrogens with two attached hydrogens (primary N) is 1. The summed E-state index contributed by atoms with van der Waals surface area (Å²) >= 11 is 3.40. The molecule has 0 unspecified atom stereocenters. The molecule has 5 nitrogen and oxygen atoms in total. The normalized spacial score (nSPS) is 14.1. The van der Waals surface area contributed by atoms with Crippen LogP contribution in [0.1, 0.15) is 12.8 Å². The van der Waals surface area contributed by atoms with Gasteiger partial charge in [0.05, 0.1) is 11.2 Å². The van der Waals surface area contributed by atoms with E-state index in [1.807, 2.05) is 18.2 Å². The number of nitrogens with zero attached hydrogens (tertiary/aromatic N) is 1. The summed E-state index contributed by atoms with van der Waals surface area (Å²) in [5.41, 5.74) is 8.45. The Hall–Kier alpha value is -1.82. The molecule has 1 heterocycles. The van der Waals surface area contributed by atoms with E-state index < -0.39 is 0 Å². The Morgan fingerprint density at radius 2 is 2.19 bits per heavy atom. The number of carbonyl (C=O) groups excluding carboxylic acids is 1. The lowest BCUT2D eigenvalue weighted by Crippen LogP contribution is -2.29. The van der Waals surface area contributed by atoms with Crippen molar-refractivity contribution in [2.75, 3.05) is 24.1 Å². The van der Waals surface area contributed by atoms with Crippen LogP contribution in [-0.4, -0.2) is 24.0 Å². The average Bonchev–Trinajstić information content (AvgIpc) is 3.30. The van der Waals surface area contributed by atoms with Crippen molar-refractivity contribution in [3.8, 4) is 0 Å². The Labute approximate surface area is 131 Å². The van der Waals surface area contributed by atoms with Crippen LogP contribution in [0.2, 0.25) is 0 Å². The van der Waals surface area contributed by atoms with Gasteiger partial charge in [-0.2, -0.15) is 0 Å². The minimum Gasteiger partial charge on any atom is -0.398 e. The second-order valence-corrected chi connectivity index (χ2v) is 6.16. The molecule has 1 aromatic carbocycles. The number of anilines is 2. The van der Waals surface area contributed by atoms with E-state index in [1.165, 1.54) is 0 Å². The van der Waals surface area contributed by atoms with Crippen molar-refractivity contribution in [1.29, 1.82) is 0 Å². The van der Waals surface area contributed by atoms with Gasteiger partial charge < -0.3 is 16.4 Å². The van der Waals surface area contributed by atoms with E-state index in [9.17, 15) is 4.79 Å². The fraction of sp³-hybridized carbons (Fsp3) is 0.333. The third kappa shape index (κ3) is 3.26. The number of fused-ring (bicyclic) bond motifs is 1. The number of aromatic nitrogens is 1. The average molecular weight is 349 g/mol. The van der Waals surface area contributed by atoms with Crippen molar-refractivity contribution in [3.05, 3.63) is 28.9 Å². The maximum Gasteiger partial charge on any atom is 0.223 e. The molecule has 4 N–H and O–H groups in total. The second-order valence-electron chi connectivity index (χ2n) is 5.24. The van der Waals surface area contributed by atoms with E-state index in [1.54, 1.807) is 6.20 Å². The lowest BCUT2D eigenvalue weighted by atomic mass is 10.1. The van der Waals surface area contributed by atoms with Gasteiger partial charge in [0.1, 0.15) is 0 Å². The van der Waals surface area contributed by atoms with Crippen LogP contribution in [0.25, 0.3) is 10.9 Å². The van der Waals surface area contributed by atoms with Gasteiger partial charge in [-0.15, -0.1) is 0 Å². The highest BCUT2D eigenvalue weighted by Crippen LogP contribution is 2.29. The predicted octanol–water partition coefficient (Wildman–Crippen LogP) is 2.52. The molecule has 21 heavy (non-hydrogen) atoms. The summed E-state index contributed by atoms with van der Waals surface area (Å²) in [4.78, 5) is 16.0. The maximum atomic E-state index is 11.5. The minimum atomic E-state index is 0.168. The zero-order chi connectivity index (χ0) is 14.8. The van der Waals surface area contributed by atoms with Crippen molar-refractivity contribution in [2.24, 2.45) is 5.92 Å². The lowest BCUT2D eigenvalue weighted by molar-refractivity contribution is -0.122. The topological polar surface area (TPSA) is 80.0 Å². The van der Waals surface area contributed by atoms with Crippen LogP contribution < -0.4 is 16.4 Å². The number of nitrogens with one attached hydrogen (secondary N) is 2. The van der Waals surface area contributed by atoms with E-state index >= 15 is 0 Å². The zero-order valence-corrected chi connectivity index (χ0v) is 13.1. The molecule has 1 saturated carbocycles. The lowest BCUT2D eigenvalue weighted by Gasteiger charge is -2.11. The number of hydrogen-bond donors (Lipinski definition) is 3. The molecule has 0 spiro atoms. The Morgan fingerprint density at radius 1 is 1.38 bits per heavy atom. The first-order valence-corrected chi connectivity index (χ1v) is 7.80. The minimum absolute atomic E-state index is 0.168. The van der Waals surface area contributed by atoms with Gasteiger partial charge in [-0.1, -0.05) is 0 Å². The molecular weight excluding hydrogens is 332 g/mol. The molecule has 1 aromatic heterocycles. The monoisotopic (exact) mass is 348 g/mol. The summed E-state index contributed by atoms with van der Waals surface area (Å²) in [6, 6.07) is 5.74. The van der Waals surface area contributed by atoms with Crippen LogP contribution >= 0.6 is 15.9 Å². The van der Waals surface area contributed by atoms with Gasteiger partial charge in [-0.05, 0) is 47.0 Å². The number of hydrogen-bond acceptors (Lipinski definition) is 4. The summed E-state index contributed by atoms with van der Waals surface area (Å²) in [6.45, 7) is 1.27. The molecule has 110 valence electrons. The summed E-state index contributed by atoms with van der Waals surface area (Å²) in [5, 5.41) is 7.14. The predicted molar refractivity (Wildman–Crippen MR) is 88.1 cm³/mol. The van der Waals surface area contributed by atoms with Gasteiger partial charge in [0.25, 0.3) is 0 Å². The van der Waals surface area contributed by atoms with E-state index in [0.29, 0.717) is 18.8 Å². The summed E-state index contributed by atoms with van der Waals surface area (Å²) in [7, 11) is 0. The molecule has 0 aliphatic heterocycles. The number of pyridine rings is 1. The van der Waals surface area contributed by atoms with Gasteiger partial charge in [0, 0.05) is 40.8 Å². The van der Waals surface area contributed by atoms with Crippen molar-refractivity contribution < 1.29 is 4.79 Å². The molecule has 1 aliphatic carbocycles. The Bertz CT molecular complexity index is 685. The molecule has 2 aromatic rings. The fourth-order valence-electron chi connectivity index (χ4n) is 2.23. The van der Waals surface area contributed by atoms with E-state index in [2.05, 4.69) is 31.5 Å². The Kier molecular flexibility index (Phi) is 3.96. The van der Waals surface area contributed by atoms with Crippen LogP contribution in [0.4, 0.5) is 11.4 Å². The smallest absolute Gasteiger partial charge is 0.223 e. The third-order valence-electron chi connectivity index (χ3n) is 3.54. The first-order chi connectivity index (χ1) is 10.1. The first kappa shape index (κ1) is 14.1. The van der Waals surface area contributed by atoms with Crippen LogP contribution in [0.3, 0.4) is 0 Å². The van der Waals surface area contributed by atoms with Gasteiger partial charge in [0.2, 0.25) is 5.91 Å². The van der Waals surface area contributed by atoms with Crippen molar-refractivity contribution >= 4 is 44.1 Å². The van der Waals surface area contributed by atoms with Crippen LogP contribution in [0.15, 0.2) is 28.9 Å². The number of carbonyl (C=O) groups is 1. The first-order valence-electron chi connectivity index (χ1n) is 7.00. The number of halogens is 1. The molecule has 0 atom stereocenters. The van der Waals surface area contributed by atoms with E-state index in [-0.39, 0.29) is 11.8 Å². The summed E-state index contributed by atoms with van der Waals surface area (Å²) < 4.78 is 0.899. The summed E-state index contributed by atoms with van der Waals surface area (Å²) in [6.07, 6.45) is 3.81. The van der Waals surface area contributed by atoms with Gasteiger partial charge in [-0.25, -0.2) is 0 Å². The highest BCUT2D eigenvalue weighted by Gasteiger charge is 2.28. The molecular formula is C15H17BrN4O. The Balaban J connectivity index is 1.66. The van der Waals surface area contributed by atoms with Crippen LogP contribution in [0, 0.1) is 5.92 Å². The number of nitrogen functional groups attached to an aromatic ring is 1. The zero-order valence-electron chi connectivity index (χ0n) is 11.5.